The summed E-state index contributed by atoms with van der Waals surface area (Å²) in [4.78, 5) is 32.5. The Morgan fingerprint density at radius 1 is 1.17 bits per heavy atom. The summed E-state index contributed by atoms with van der Waals surface area (Å²) in [5, 5.41) is 22.5. The molecule has 0 aromatic heterocycles. The van der Waals surface area contributed by atoms with E-state index in [1.54, 1.807) is 0 Å². The number of carbonyl (C=O) groups excluding carboxylic acids is 1. The van der Waals surface area contributed by atoms with E-state index < -0.39 is 30.3 Å². The van der Waals surface area contributed by atoms with Crippen LogP contribution < -0.4 is 10.6 Å². The van der Waals surface area contributed by atoms with Crippen LogP contribution in [-0.2, 0) is 14.4 Å². The number of rotatable bonds is 7. The lowest BCUT2D eigenvalue weighted by Gasteiger charge is -2.20. The van der Waals surface area contributed by atoms with E-state index in [1.165, 1.54) is 0 Å². The van der Waals surface area contributed by atoms with Crippen LogP contribution in [0, 0.1) is 0 Å². The first-order valence-electron chi connectivity index (χ1n) is 5.61. The number of aliphatic carboxylic acids is 2. The van der Waals surface area contributed by atoms with Crippen molar-refractivity contribution in [3.05, 3.63) is 0 Å². The standard InChI is InChI=1S/C11H20N2O5/c1-11(2,3)12-5-4-8(14)13-7(10(17)18)6-9(15)16/h7,12H,4-6H2,1-3H3,(H,13,14)(H,15,16)(H,17,18). The lowest BCUT2D eigenvalue weighted by atomic mass is 10.1. The summed E-state index contributed by atoms with van der Waals surface area (Å²) in [5.41, 5.74) is -0.131. The van der Waals surface area contributed by atoms with Gasteiger partial charge < -0.3 is 20.8 Å². The Hall–Kier alpha value is -1.63. The number of carboxylic acid groups (broad SMARTS) is 2. The van der Waals surface area contributed by atoms with Crippen molar-refractivity contribution in [1.82, 2.24) is 10.6 Å². The summed E-state index contributed by atoms with van der Waals surface area (Å²) >= 11 is 0. The van der Waals surface area contributed by atoms with Crippen LogP contribution in [0.1, 0.15) is 33.6 Å². The maximum absolute atomic E-state index is 11.4. The van der Waals surface area contributed by atoms with Crippen molar-refractivity contribution in [2.75, 3.05) is 6.54 Å². The number of amides is 1. The highest BCUT2D eigenvalue weighted by Gasteiger charge is 2.22. The van der Waals surface area contributed by atoms with E-state index in [-0.39, 0.29) is 12.0 Å². The average molecular weight is 260 g/mol. The molecule has 0 aliphatic carbocycles. The molecule has 0 aromatic carbocycles. The first kappa shape index (κ1) is 16.4. The molecule has 0 aliphatic rings. The average Bonchev–Trinajstić information content (AvgIpc) is 2.13. The first-order chi connectivity index (χ1) is 8.11. The third-order valence-corrected chi connectivity index (χ3v) is 2.02. The highest BCUT2D eigenvalue weighted by molar-refractivity contribution is 5.86. The first-order valence-corrected chi connectivity index (χ1v) is 5.61. The molecule has 18 heavy (non-hydrogen) atoms. The van der Waals surface area contributed by atoms with Gasteiger partial charge in [0.15, 0.2) is 0 Å². The van der Waals surface area contributed by atoms with Gasteiger partial charge in [0.05, 0.1) is 6.42 Å². The predicted molar refractivity (Wildman–Crippen MR) is 64.2 cm³/mol. The Balaban J connectivity index is 4.11. The molecular formula is C11H20N2O5. The summed E-state index contributed by atoms with van der Waals surface area (Å²) in [5.74, 6) is -3.11. The zero-order valence-corrected chi connectivity index (χ0v) is 10.8. The second kappa shape index (κ2) is 6.95. The van der Waals surface area contributed by atoms with Crippen LogP contribution in [0.3, 0.4) is 0 Å². The molecule has 1 amide bonds. The van der Waals surface area contributed by atoms with Gasteiger partial charge in [0.1, 0.15) is 6.04 Å². The number of hydrogen-bond donors (Lipinski definition) is 4. The molecule has 1 atom stereocenters. The van der Waals surface area contributed by atoms with Gasteiger partial charge in [-0.05, 0) is 20.8 Å². The van der Waals surface area contributed by atoms with E-state index in [2.05, 4.69) is 10.6 Å². The number of nitrogens with one attached hydrogen (secondary N) is 2. The lowest BCUT2D eigenvalue weighted by Crippen LogP contribution is -2.44. The molecule has 104 valence electrons. The minimum Gasteiger partial charge on any atom is -0.481 e. The molecule has 0 fully saturated rings. The van der Waals surface area contributed by atoms with Crippen molar-refractivity contribution in [1.29, 1.82) is 0 Å². The van der Waals surface area contributed by atoms with Crippen LogP contribution in [0.15, 0.2) is 0 Å². The molecule has 0 spiro atoms. The van der Waals surface area contributed by atoms with Crippen molar-refractivity contribution in [3.63, 3.8) is 0 Å². The Labute approximate surface area is 106 Å². The van der Waals surface area contributed by atoms with Gasteiger partial charge in [-0.25, -0.2) is 4.79 Å². The van der Waals surface area contributed by atoms with Crippen molar-refractivity contribution in [2.45, 2.75) is 45.2 Å². The van der Waals surface area contributed by atoms with E-state index in [4.69, 9.17) is 10.2 Å². The molecule has 0 radical (unpaired) electrons. The Bertz CT molecular complexity index is 322. The van der Waals surface area contributed by atoms with E-state index >= 15 is 0 Å². The van der Waals surface area contributed by atoms with Crippen LogP contribution in [0.4, 0.5) is 0 Å². The fourth-order valence-electron chi connectivity index (χ4n) is 1.19. The van der Waals surface area contributed by atoms with Crippen LogP contribution in [0.2, 0.25) is 0 Å². The highest BCUT2D eigenvalue weighted by atomic mass is 16.4. The normalized spacial score (nSPS) is 12.8. The summed E-state index contributed by atoms with van der Waals surface area (Å²) in [6.07, 6.45) is -0.533. The summed E-state index contributed by atoms with van der Waals surface area (Å²) in [6.45, 7) is 6.22. The topological polar surface area (TPSA) is 116 Å². The fourth-order valence-corrected chi connectivity index (χ4v) is 1.19. The fraction of sp³-hybridized carbons (Fsp3) is 0.727. The van der Waals surface area contributed by atoms with Crippen LogP contribution in [0.25, 0.3) is 0 Å². The zero-order valence-electron chi connectivity index (χ0n) is 10.8. The second-order valence-electron chi connectivity index (χ2n) is 4.98. The molecule has 0 rings (SSSR count). The summed E-state index contributed by atoms with van der Waals surface area (Å²) in [6, 6.07) is -1.38. The van der Waals surface area contributed by atoms with Crippen molar-refractivity contribution in [2.24, 2.45) is 0 Å². The van der Waals surface area contributed by atoms with Crippen molar-refractivity contribution in [3.8, 4) is 0 Å². The maximum Gasteiger partial charge on any atom is 0.326 e. The molecule has 4 N–H and O–H groups in total. The van der Waals surface area contributed by atoms with E-state index in [0.717, 1.165) is 0 Å². The minimum absolute atomic E-state index is 0.0979. The van der Waals surface area contributed by atoms with Gasteiger partial charge in [0.25, 0.3) is 0 Å². The van der Waals surface area contributed by atoms with Gasteiger partial charge in [-0.1, -0.05) is 0 Å². The molecule has 0 bridgehead atoms. The van der Waals surface area contributed by atoms with Crippen LogP contribution >= 0.6 is 0 Å². The maximum atomic E-state index is 11.4. The smallest absolute Gasteiger partial charge is 0.326 e. The third kappa shape index (κ3) is 8.51. The molecule has 7 heteroatoms. The quantitative estimate of drug-likeness (QED) is 0.504. The monoisotopic (exact) mass is 260 g/mol. The summed E-state index contributed by atoms with van der Waals surface area (Å²) < 4.78 is 0. The molecule has 0 saturated carbocycles. The SMILES string of the molecule is CC(C)(C)NCCC(=O)NC(CC(=O)O)C(=O)O. The largest absolute Gasteiger partial charge is 0.481 e. The van der Waals surface area contributed by atoms with Gasteiger partial charge in [0.2, 0.25) is 5.91 Å². The van der Waals surface area contributed by atoms with Crippen molar-refractivity contribution < 1.29 is 24.6 Å². The predicted octanol–water partition coefficient (Wildman–Crippen LogP) is -0.191. The molecule has 0 saturated heterocycles. The van der Waals surface area contributed by atoms with Gasteiger partial charge in [-0.15, -0.1) is 0 Å². The Morgan fingerprint density at radius 2 is 1.72 bits per heavy atom. The molecule has 0 aliphatic heterocycles. The zero-order chi connectivity index (χ0) is 14.3. The number of carbonyl (C=O) groups is 3. The molecule has 0 heterocycles. The van der Waals surface area contributed by atoms with Gasteiger partial charge >= 0.3 is 11.9 Å². The van der Waals surface area contributed by atoms with Gasteiger partial charge in [-0.3, -0.25) is 9.59 Å². The molecule has 0 aromatic rings. The highest BCUT2D eigenvalue weighted by Crippen LogP contribution is 1.98. The van der Waals surface area contributed by atoms with Gasteiger partial charge in [0, 0.05) is 18.5 Å². The Kier molecular flexibility index (Phi) is 6.32. The Morgan fingerprint density at radius 3 is 2.11 bits per heavy atom. The third-order valence-electron chi connectivity index (χ3n) is 2.02. The van der Waals surface area contributed by atoms with Crippen molar-refractivity contribution >= 4 is 17.8 Å². The summed E-state index contributed by atoms with van der Waals surface area (Å²) in [7, 11) is 0. The lowest BCUT2D eigenvalue weighted by molar-refractivity contribution is -0.147. The van der Waals surface area contributed by atoms with E-state index in [9.17, 15) is 14.4 Å². The van der Waals surface area contributed by atoms with Gasteiger partial charge in [-0.2, -0.15) is 0 Å². The van der Waals surface area contributed by atoms with E-state index in [1.807, 2.05) is 20.8 Å². The second-order valence-corrected chi connectivity index (χ2v) is 4.98. The van der Waals surface area contributed by atoms with E-state index in [0.29, 0.717) is 6.54 Å². The molecule has 1 unspecified atom stereocenters. The molecular weight excluding hydrogens is 240 g/mol. The minimum atomic E-state index is -1.38. The number of hydrogen-bond acceptors (Lipinski definition) is 4. The van der Waals surface area contributed by atoms with Crippen LogP contribution in [-0.4, -0.2) is 46.2 Å². The van der Waals surface area contributed by atoms with Crippen LogP contribution in [0.5, 0.6) is 0 Å². The number of carboxylic acids is 2. The molecule has 7 nitrogen and oxygen atoms in total.